The fourth-order valence-electron chi connectivity index (χ4n) is 2.84. The van der Waals surface area contributed by atoms with Crippen LogP contribution >= 0.6 is 0 Å². The van der Waals surface area contributed by atoms with E-state index in [0.717, 1.165) is 12.1 Å². The number of carbonyl (C=O) groups is 2. The molecule has 0 aliphatic carbocycles. The molecule has 0 bridgehead atoms. The van der Waals surface area contributed by atoms with Gasteiger partial charge in [-0.3, -0.25) is 9.59 Å². The van der Waals surface area contributed by atoms with Crippen LogP contribution in [0.4, 0.5) is 0 Å². The zero-order valence-electron chi connectivity index (χ0n) is 16.6. The van der Waals surface area contributed by atoms with E-state index in [4.69, 9.17) is 9.15 Å². The van der Waals surface area contributed by atoms with Crippen LogP contribution in [0.15, 0.2) is 41.1 Å². The van der Waals surface area contributed by atoms with Gasteiger partial charge in [-0.05, 0) is 37.6 Å². The van der Waals surface area contributed by atoms with E-state index >= 15 is 0 Å². The minimum Gasteiger partial charge on any atom is -0.467 e. The van der Waals surface area contributed by atoms with Crippen molar-refractivity contribution in [1.29, 1.82) is 0 Å². The number of methoxy groups -OCH3 is 1. The summed E-state index contributed by atoms with van der Waals surface area (Å²) in [6, 6.07) is 7.52. The number of aromatic nitrogens is 1. The molecule has 2 amide bonds. The molecule has 0 unspecified atom stereocenters. The molecule has 0 spiro atoms. The molecule has 0 aliphatic heterocycles. The number of carbonyl (C=O) groups excluding carboxylic acids is 2. The van der Waals surface area contributed by atoms with Crippen LogP contribution in [0.5, 0.6) is 0 Å². The standard InChI is InChI=1S/C20H29N3O4/c1-5-16(2)23(20(25)15-26-4)14-19(24)22(13-18-9-7-11-27-18)12-17-8-6-10-21(17)3/h6-11,16H,5,12-15H2,1-4H3/t16-/m0/s1. The van der Waals surface area contributed by atoms with Gasteiger partial charge in [0.05, 0.1) is 19.4 Å². The molecular weight excluding hydrogens is 346 g/mol. The summed E-state index contributed by atoms with van der Waals surface area (Å²) in [5.41, 5.74) is 1.01. The molecular formula is C20H29N3O4. The highest BCUT2D eigenvalue weighted by Crippen LogP contribution is 2.13. The summed E-state index contributed by atoms with van der Waals surface area (Å²) in [6.45, 7) is 4.71. The predicted molar refractivity (Wildman–Crippen MR) is 102 cm³/mol. The molecule has 0 fully saturated rings. The summed E-state index contributed by atoms with van der Waals surface area (Å²) >= 11 is 0. The largest absolute Gasteiger partial charge is 0.467 e. The zero-order valence-corrected chi connectivity index (χ0v) is 16.6. The number of rotatable bonds is 10. The monoisotopic (exact) mass is 375 g/mol. The smallest absolute Gasteiger partial charge is 0.249 e. The average Bonchev–Trinajstić information content (AvgIpc) is 3.30. The summed E-state index contributed by atoms with van der Waals surface area (Å²) in [5, 5.41) is 0. The molecule has 7 nitrogen and oxygen atoms in total. The van der Waals surface area contributed by atoms with Gasteiger partial charge in [0.2, 0.25) is 11.8 Å². The lowest BCUT2D eigenvalue weighted by Gasteiger charge is -2.31. The second kappa shape index (κ2) is 9.97. The Bertz CT molecular complexity index is 723. The van der Waals surface area contributed by atoms with Crippen LogP contribution in [0.1, 0.15) is 31.7 Å². The van der Waals surface area contributed by atoms with Gasteiger partial charge in [0.1, 0.15) is 18.9 Å². The van der Waals surface area contributed by atoms with Gasteiger partial charge in [-0.15, -0.1) is 0 Å². The number of hydrogen-bond donors (Lipinski definition) is 0. The lowest BCUT2D eigenvalue weighted by atomic mass is 10.2. The molecule has 2 aromatic heterocycles. The molecule has 0 aliphatic rings. The molecule has 2 heterocycles. The van der Waals surface area contributed by atoms with Crippen molar-refractivity contribution >= 4 is 11.8 Å². The Labute approximate surface area is 160 Å². The van der Waals surface area contributed by atoms with Gasteiger partial charge in [-0.25, -0.2) is 0 Å². The minimum atomic E-state index is -0.183. The normalized spacial score (nSPS) is 12.0. The van der Waals surface area contributed by atoms with E-state index < -0.39 is 0 Å². The summed E-state index contributed by atoms with van der Waals surface area (Å²) in [4.78, 5) is 28.8. The lowest BCUT2D eigenvalue weighted by Crippen LogP contribution is -2.47. The third-order valence-corrected chi connectivity index (χ3v) is 4.70. The first kappa shape index (κ1) is 20.8. The average molecular weight is 375 g/mol. The quantitative estimate of drug-likeness (QED) is 0.640. The van der Waals surface area contributed by atoms with E-state index in [2.05, 4.69) is 0 Å². The third-order valence-electron chi connectivity index (χ3n) is 4.70. The molecule has 7 heteroatoms. The van der Waals surface area contributed by atoms with Crippen molar-refractivity contribution in [3.05, 3.63) is 48.2 Å². The first-order valence-corrected chi connectivity index (χ1v) is 9.15. The van der Waals surface area contributed by atoms with Gasteiger partial charge < -0.3 is 23.5 Å². The van der Waals surface area contributed by atoms with Crippen LogP contribution in [-0.2, 0) is 34.5 Å². The van der Waals surface area contributed by atoms with E-state index in [9.17, 15) is 9.59 Å². The highest BCUT2D eigenvalue weighted by molar-refractivity contribution is 5.85. The minimum absolute atomic E-state index is 0.0162. The maximum absolute atomic E-state index is 13.1. The topological polar surface area (TPSA) is 67.9 Å². The van der Waals surface area contributed by atoms with E-state index in [1.165, 1.54) is 7.11 Å². The number of nitrogens with zero attached hydrogens (tertiary/aromatic N) is 3. The molecule has 148 valence electrons. The lowest BCUT2D eigenvalue weighted by molar-refractivity contribution is -0.145. The molecule has 0 saturated heterocycles. The van der Waals surface area contributed by atoms with Gasteiger partial charge in [0.15, 0.2) is 0 Å². The van der Waals surface area contributed by atoms with Crippen LogP contribution < -0.4 is 0 Å². The Hall–Kier alpha value is -2.54. The first-order chi connectivity index (χ1) is 13.0. The molecule has 1 atom stereocenters. The molecule has 0 radical (unpaired) electrons. The predicted octanol–water partition coefficient (Wildman–Crippen LogP) is 2.42. The zero-order chi connectivity index (χ0) is 19.8. The molecule has 2 rings (SSSR count). The van der Waals surface area contributed by atoms with Gasteiger partial charge in [-0.2, -0.15) is 0 Å². The summed E-state index contributed by atoms with van der Waals surface area (Å²) in [5.74, 6) is 0.394. The molecule has 2 aromatic rings. The summed E-state index contributed by atoms with van der Waals surface area (Å²) in [7, 11) is 3.42. The third kappa shape index (κ3) is 5.72. The molecule has 0 saturated carbocycles. The Morgan fingerprint density at radius 1 is 1.22 bits per heavy atom. The van der Waals surface area contributed by atoms with E-state index in [0.29, 0.717) is 18.8 Å². The van der Waals surface area contributed by atoms with Crippen molar-refractivity contribution < 1.29 is 18.7 Å². The number of ether oxygens (including phenoxy) is 1. The van der Waals surface area contributed by atoms with Crippen LogP contribution in [0, 0.1) is 0 Å². The molecule has 0 aromatic carbocycles. The van der Waals surface area contributed by atoms with Crippen molar-refractivity contribution in [2.24, 2.45) is 7.05 Å². The summed E-state index contributed by atoms with van der Waals surface area (Å²) in [6.07, 6.45) is 4.30. The fourth-order valence-corrected chi connectivity index (χ4v) is 2.84. The van der Waals surface area contributed by atoms with Gasteiger partial charge in [0, 0.05) is 32.1 Å². The Morgan fingerprint density at radius 3 is 2.56 bits per heavy atom. The highest BCUT2D eigenvalue weighted by Gasteiger charge is 2.25. The van der Waals surface area contributed by atoms with Crippen molar-refractivity contribution in [3.63, 3.8) is 0 Å². The van der Waals surface area contributed by atoms with Crippen molar-refractivity contribution in [2.45, 2.75) is 39.4 Å². The number of furan rings is 1. The number of aryl methyl sites for hydroxylation is 1. The Balaban J connectivity index is 2.17. The van der Waals surface area contributed by atoms with Crippen molar-refractivity contribution in [2.75, 3.05) is 20.3 Å². The highest BCUT2D eigenvalue weighted by atomic mass is 16.5. The Morgan fingerprint density at radius 2 is 2.00 bits per heavy atom. The fraction of sp³-hybridized carbons (Fsp3) is 0.500. The second-order valence-corrected chi connectivity index (χ2v) is 6.65. The van der Waals surface area contributed by atoms with Crippen LogP contribution in [-0.4, -0.2) is 52.5 Å². The SMILES string of the molecule is CC[C@H](C)N(CC(=O)N(Cc1ccco1)Cc1cccn1C)C(=O)COC. The van der Waals surface area contributed by atoms with Gasteiger partial charge >= 0.3 is 0 Å². The Kier molecular flexibility index (Phi) is 7.67. The van der Waals surface area contributed by atoms with Crippen LogP contribution in [0.25, 0.3) is 0 Å². The van der Waals surface area contributed by atoms with Crippen LogP contribution in [0.2, 0.25) is 0 Å². The van der Waals surface area contributed by atoms with Gasteiger partial charge in [0.25, 0.3) is 0 Å². The van der Waals surface area contributed by atoms with E-state index in [-0.39, 0.29) is 31.0 Å². The number of hydrogen-bond acceptors (Lipinski definition) is 4. The second-order valence-electron chi connectivity index (χ2n) is 6.65. The maximum Gasteiger partial charge on any atom is 0.249 e. The molecule has 27 heavy (non-hydrogen) atoms. The van der Waals surface area contributed by atoms with Crippen molar-refractivity contribution in [3.8, 4) is 0 Å². The van der Waals surface area contributed by atoms with Gasteiger partial charge in [-0.1, -0.05) is 6.92 Å². The first-order valence-electron chi connectivity index (χ1n) is 9.15. The molecule has 0 N–H and O–H groups in total. The number of amides is 2. The van der Waals surface area contributed by atoms with Crippen LogP contribution in [0.3, 0.4) is 0 Å². The van der Waals surface area contributed by atoms with E-state index in [1.807, 2.05) is 49.9 Å². The van der Waals surface area contributed by atoms with Crippen molar-refractivity contribution in [1.82, 2.24) is 14.4 Å². The summed E-state index contributed by atoms with van der Waals surface area (Å²) < 4.78 is 12.4. The maximum atomic E-state index is 13.1. The van der Waals surface area contributed by atoms with E-state index in [1.54, 1.807) is 22.1 Å².